The van der Waals surface area contributed by atoms with Crippen molar-refractivity contribution in [2.75, 3.05) is 43.9 Å². The molecule has 0 saturated carbocycles. The Balaban J connectivity index is 0.00000112. The number of anilines is 2. The number of likely N-dealkylation sites (N-methyl/N-ethyl adjacent to an activating group) is 1. The van der Waals surface area contributed by atoms with Gasteiger partial charge in [0.15, 0.2) is 0 Å². The number of hydrogen-bond acceptors (Lipinski definition) is 3. The first-order chi connectivity index (χ1) is 6.75. The topological polar surface area (TPSA) is 32.5 Å². The van der Waals surface area contributed by atoms with E-state index in [0.717, 1.165) is 31.9 Å². The fraction of sp³-hybridized carbons (Fsp3) is 0.455. The van der Waals surface area contributed by atoms with Crippen LogP contribution in [0.3, 0.4) is 0 Å². The van der Waals surface area contributed by atoms with Gasteiger partial charge in [0.25, 0.3) is 0 Å². The highest BCUT2D eigenvalue weighted by Gasteiger charge is 2.13. The predicted molar refractivity (Wildman–Crippen MR) is 62.7 cm³/mol. The third-order valence-electron chi connectivity index (χ3n) is 2.76. The monoisotopic (exact) mass is 193 g/mol. The zero-order chi connectivity index (χ0) is 9.97. The van der Waals surface area contributed by atoms with E-state index in [-0.39, 0.29) is 1.43 Å². The molecule has 3 heteroatoms. The van der Waals surface area contributed by atoms with E-state index in [0.29, 0.717) is 0 Å². The minimum Gasteiger partial charge on any atom is -0.399 e. The van der Waals surface area contributed by atoms with Crippen molar-refractivity contribution in [3.63, 3.8) is 0 Å². The van der Waals surface area contributed by atoms with Crippen molar-refractivity contribution in [1.82, 2.24) is 4.90 Å². The molecule has 2 rings (SSSR count). The van der Waals surface area contributed by atoms with Crippen LogP contribution in [0.2, 0.25) is 0 Å². The zero-order valence-corrected chi connectivity index (χ0v) is 8.61. The number of nitrogens with zero attached hydrogens (tertiary/aromatic N) is 2. The summed E-state index contributed by atoms with van der Waals surface area (Å²) >= 11 is 0. The van der Waals surface area contributed by atoms with Gasteiger partial charge in [-0.2, -0.15) is 0 Å². The average molecular weight is 193 g/mol. The molecule has 3 nitrogen and oxygen atoms in total. The molecule has 0 spiro atoms. The summed E-state index contributed by atoms with van der Waals surface area (Å²) in [6.45, 7) is 4.51. The Hall–Kier alpha value is -1.22. The van der Waals surface area contributed by atoms with Crippen LogP contribution in [0.5, 0.6) is 0 Å². The summed E-state index contributed by atoms with van der Waals surface area (Å²) in [6, 6.07) is 8.13. The van der Waals surface area contributed by atoms with Crippen LogP contribution in [0.4, 0.5) is 11.4 Å². The van der Waals surface area contributed by atoms with Gasteiger partial charge in [0.05, 0.1) is 0 Å². The third kappa shape index (κ3) is 1.99. The number of benzene rings is 1. The molecule has 0 bridgehead atoms. The van der Waals surface area contributed by atoms with Crippen molar-refractivity contribution >= 4 is 11.4 Å². The van der Waals surface area contributed by atoms with Crippen molar-refractivity contribution in [2.45, 2.75) is 0 Å². The van der Waals surface area contributed by atoms with E-state index in [1.54, 1.807) is 0 Å². The summed E-state index contributed by atoms with van der Waals surface area (Å²) in [6.07, 6.45) is 0. The molecule has 1 aromatic carbocycles. The largest absolute Gasteiger partial charge is 0.399 e. The summed E-state index contributed by atoms with van der Waals surface area (Å²) in [5, 5.41) is 0. The maximum atomic E-state index is 5.65. The summed E-state index contributed by atoms with van der Waals surface area (Å²) in [5.74, 6) is 0. The zero-order valence-electron chi connectivity index (χ0n) is 8.61. The number of nitrogen functional groups attached to an aromatic ring is 1. The lowest BCUT2D eigenvalue weighted by molar-refractivity contribution is 0.313. The number of hydrogen-bond donors (Lipinski definition) is 1. The molecule has 1 aromatic rings. The first-order valence-electron chi connectivity index (χ1n) is 5.05. The maximum absolute atomic E-state index is 5.65. The Morgan fingerprint density at radius 2 is 1.64 bits per heavy atom. The molecule has 0 aromatic heterocycles. The lowest BCUT2D eigenvalue weighted by atomic mass is 10.2. The molecule has 0 atom stereocenters. The molecular formula is C11H19N3. The van der Waals surface area contributed by atoms with Crippen LogP contribution in [0.1, 0.15) is 1.43 Å². The second-order valence-electron chi connectivity index (χ2n) is 3.88. The third-order valence-corrected chi connectivity index (χ3v) is 2.76. The Labute approximate surface area is 86.6 Å². The highest BCUT2D eigenvalue weighted by molar-refractivity contribution is 5.53. The van der Waals surface area contributed by atoms with Crippen molar-refractivity contribution in [2.24, 2.45) is 0 Å². The SMILES string of the molecule is CN1CCN(c2ccc(N)cc2)CC1.[HH]. The lowest BCUT2D eigenvalue weighted by Gasteiger charge is -2.34. The lowest BCUT2D eigenvalue weighted by Crippen LogP contribution is -2.44. The maximum Gasteiger partial charge on any atom is 0.0368 e. The van der Waals surface area contributed by atoms with E-state index in [1.165, 1.54) is 5.69 Å². The average Bonchev–Trinajstić information content (AvgIpc) is 2.21. The highest BCUT2D eigenvalue weighted by atomic mass is 15.2. The molecule has 1 aliphatic heterocycles. The van der Waals surface area contributed by atoms with Crippen molar-refractivity contribution in [3.8, 4) is 0 Å². The molecule has 1 aliphatic rings. The molecular weight excluding hydrogens is 174 g/mol. The number of rotatable bonds is 1. The van der Waals surface area contributed by atoms with Crippen LogP contribution in [0.25, 0.3) is 0 Å². The van der Waals surface area contributed by atoms with Gasteiger partial charge in [-0.15, -0.1) is 0 Å². The van der Waals surface area contributed by atoms with Crippen LogP contribution in [-0.4, -0.2) is 38.1 Å². The Kier molecular flexibility index (Phi) is 2.59. The molecule has 1 saturated heterocycles. The van der Waals surface area contributed by atoms with E-state index in [4.69, 9.17) is 5.73 Å². The first kappa shape index (κ1) is 9.34. The van der Waals surface area contributed by atoms with Crippen LogP contribution in [0.15, 0.2) is 24.3 Å². The normalized spacial score (nSPS) is 18.5. The van der Waals surface area contributed by atoms with E-state index in [1.807, 2.05) is 12.1 Å². The van der Waals surface area contributed by atoms with E-state index < -0.39 is 0 Å². The Bertz CT molecular complexity index is 291. The van der Waals surface area contributed by atoms with Gasteiger partial charge in [-0.3, -0.25) is 0 Å². The first-order valence-corrected chi connectivity index (χ1v) is 5.05. The van der Waals surface area contributed by atoms with Gasteiger partial charge < -0.3 is 15.5 Å². The van der Waals surface area contributed by atoms with Crippen LogP contribution < -0.4 is 10.6 Å². The molecule has 0 amide bonds. The van der Waals surface area contributed by atoms with Gasteiger partial charge in [-0.05, 0) is 31.3 Å². The summed E-state index contributed by atoms with van der Waals surface area (Å²) in [5.41, 5.74) is 7.77. The minimum absolute atomic E-state index is 0. The van der Waals surface area contributed by atoms with Crippen LogP contribution in [0, 0.1) is 0 Å². The highest BCUT2D eigenvalue weighted by Crippen LogP contribution is 2.17. The molecule has 1 fully saturated rings. The van der Waals surface area contributed by atoms with Crippen LogP contribution in [-0.2, 0) is 0 Å². The molecule has 0 unspecified atom stereocenters. The smallest absolute Gasteiger partial charge is 0.0368 e. The van der Waals surface area contributed by atoms with E-state index >= 15 is 0 Å². The molecule has 0 radical (unpaired) electrons. The summed E-state index contributed by atoms with van der Waals surface area (Å²) < 4.78 is 0. The Morgan fingerprint density at radius 3 is 2.21 bits per heavy atom. The summed E-state index contributed by atoms with van der Waals surface area (Å²) in [4.78, 5) is 4.76. The van der Waals surface area contributed by atoms with Gasteiger partial charge in [-0.1, -0.05) is 0 Å². The predicted octanol–water partition coefficient (Wildman–Crippen LogP) is 1.27. The number of piperazine rings is 1. The van der Waals surface area contributed by atoms with Crippen molar-refractivity contribution in [1.29, 1.82) is 0 Å². The van der Waals surface area contributed by atoms with Crippen molar-refractivity contribution in [3.05, 3.63) is 24.3 Å². The van der Waals surface area contributed by atoms with E-state index in [9.17, 15) is 0 Å². The quantitative estimate of drug-likeness (QED) is 0.682. The molecule has 2 N–H and O–H groups in total. The summed E-state index contributed by atoms with van der Waals surface area (Å²) in [7, 11) is 2.17. The van der Waals surface area contributed by atoms with Crippen LogP contribution >= 0.6 is 0 Å². The molecule has 78 valence electrons. The molecule has 1 heterocycles. The number of nitrogens with two attached hydrogens (primary N) is 1. The molecule has 0 aliphatic carbocycles. The van der Waals surface area contributed by atoms with Crippen molar-refractivity contribution < 1.29 is 1.43 Å². The van der Waals surface area contributed by atoms with Gasteiger partial charge in [0.1, 0.15) is 0 Å². The van der Waals surface area contributed by atoms with E-state index in [2.05, 4.69) is 29.0 Å². The fourth-order valence-corrected chi connectivity index (χ4v) is 1.75. The molecule has 14 heavy (non-hydrogen) atoms. The fourth-order valence-electron chi connectivity index (χ4n) is 1.75. The second kappa shape index (κ2) is 3.88. The van der Waals surface area contributed by atoms with Gasteiger partial charge in [-0.25, -0.2) is 0 Å². The minimum atomic E-state index is 0. The second-order valence-corrected chi connectivity index (χ2v) is 3.88. The Morgan fingerprint density at radius 1 is 1.07 bits per heavy atom. The van der Waals surface area contributed by atoms with Gasteiger partial charge >= 0.3 is 0 Å². The van der Waals surface area contributed by atoms with Gasteiger partial charge in [0, 0.05) is 39.0 Å². The standard InChI is InChI=1S/C11H17N3.H2/c1-13-6-8-14(9-7-13)11-4-2-10(12)3-5-11;/h2-5H,6-9,12H2,1H3;1H. The van der Waals surface area contributed by atoms with Gasteiger partial charge in [0.2, 0.25) is 0 Å².